The summed E-state index contributed by atoms with van der Waals surface area (Å²) < 4.78 is 33.2. The van der Waals surface area contributed by atoms with Crippen molar-refractivity contribution in [3.63, 3.8) is 0 Å². The summed E-state index contributed by atoms with van der Waals surface area (Å²) in [5, 5.41) is 4.23. The maximum atomic E-state index is 13.2. The van der Waals surface area contributed by atoms with Crippen LogP contribution < -0.4 is 10.5 Å². The molecule has 128 valence electrons. The van der Waals surface area contributed by atoms with Gasteiger partial charge in [0.05, 0.1) is 18.1 Å². The lowest BCUT2D eigenvalue weighted by Gasteiger charge is -2.07. The number of nitrogen functional groups attached to an aromatic ring is 1. The first kappa shape index (κ1) is 16.6. The van der Waals surface area contributed by atoms with E-state index in [9.17, 15) is 8.78 Å². The number of halogens is 2. The highest BCUT2D eigenvalue weighted by Crippen LogP contribution is 2.16. The minimum Gasteiger partial charge on any atom is -0.489 e. The molecular formula is C18H16F2N4O. The van der Waals surface area contributed by atoms with Crippen LogP contribution in [0.3, 0.4) is 0 Å². The van der Waals surface area contributed by atoms with Gasteiger partial charge in [-0.3, -0.25) is 0 Å². The highest BCUT2D eigenvalue weighted by molar-refractivity contribution is 5.80. The molecule has 0 spiro atoms. The second kappa shape index (κ2) is 7.12. The number of ether oxygens (including phenoxy) is 1. The second-order valence-electron chi connectivity index (χ2n) is 5.44. The van der Waals surface area contributed by atoms with E-state index in [0.29, 0.717) is 17.3 Å². The van der Waals surface area contributed by atoms with Crippen molar-refractivity contribution in [2.45, 2.75) is 13.5 Å². The SMILES string of the molecule is Cc1cn(N=Cc2cccc(OCc3ccc(F)c(F)c3)c2)c(N)n1. The number of benzene rings is 2. The topological polar surface area (TPSA) is 65.4 Å². The maximum absolute atomic E-state index is 13.2. The molecule has 0 bridgehead atoms. The second-order valence-corrected chi connectivity index (χ2v) is 5.44. The zero-order valence-corrected chi connectivity index (χ0v) is 13.5. The number of rotatable bonds is 5. The molecule has 0 atom stereocenters. The molecule has 0 aliphatic rings. The Labute approximate surface area is 143 Å². The predicted octanol–water partition coefficient (Wildman–Crippen LogP) is 3.51. The third-order valence-electron chi connectivity index (χ3n) is 3.41. The van der Waals surface area contributed by atoms with Crippen LogP contribution >= 0.6 is 0 Å². The largest absolute Gasteiger partial charge is 0.489 e. The standard InChI is InChI=1S/C18H16F2N4O/c1-12-10-24(18(21)23-12)22-9-13-3-2-4-15(7-13)25-11-14-5-6-16(19)17(20)8-14/h2-10H,11H2,1H3,(H2,21,23). The van der Waals surface area contributed by atoms with Crippen molar-refractivity contribution in [2.24, 2.45) is 5.10 Å². The normalized spacial score (nSPS) is 11.2. The maximum Gasteiger partial charge on any atom is 0.221 e. The summed E-state index contributed by atoms with van der Waals surface area (Å²) in [6.07, 6.45) is 3.34. The smallest absolute Gasteiger partial charge is 0.221 e. The number of nitrogens with zero attached hydrogens (tertiary/aromatic N) is 3. The average Bonchev–Trinajstić information content (AvgIpc) is 2.92. The number of imidazole rings is 1. The number of aryl methyl sites for hydroxylation is 1. The molecule has 7 heteroatoms. The lowest BCUT2D eigenvalue weighted by atomic mass is 10.2. The molecule has 0 aliphatic heterocycles. The van der Waals surface area contributed by atoms with Crippen LogP contribution in [-0.2, 0) is 6.61 Å². The molecule has 3 aromatic rings. The molecular weight excluding hydrogens is 326 g/mol. The van der Waals surface area contributed by atoms with Gasteiger partial charge < -0.3 is 10.5 Å². The minimum atomic E-state index is -0.893. The van der Waals surface area contributed by atoms with Gasteiger partial charge in [-0.25, -0.2) is 18.4 Å². The molecule has 5 nitrogen and oxygen atoms in total. The van der Waals surface area contributed by atoms with E-state index in [2.05, 4.69) is 10.1 Å². The van der Waals surface area contributed by atoms with Gasteiger partial charge in [0.15, 0.2) is 11.6 Å². The lowest BCUT2D eigenvalue weighted by Crippen LogP contribution is -1.98. The van der Waals surface area contributed by atoms with Gasteiger partial charge in [-0.1, -0.05) is 18.2 Å². The van der Waals surface area contributed by atoms with Gasteiger partial charge in [0.1, 0.15) is 12.4 Å². The summed E-state index contributed by atoms with van der Waals surface area (Å²) in [5.74, 6) is -0.880. The quantitative estimate of drug-likeness (QED) is 0.722. The first-order valence-corrected chi connectivity index (χ1v) is 7.54. The Bertz CT molecular complexity index is 921. The van der Waals surface area contributed by atoms with Crippen molar-refractivity contribution in [1.29, 1.82) is 0 Å². The lowest BCUT2D eigenvalue weighted by molar-refractivity contribution is 0.305. The summed E-state index contributed by atoms with van der Waals surface area (Å²) in [4.78, 5) is 4.06. The summed E-state index contributed by atoms with van der Waals surface area (Å²) >= 11 is 0. The van der Waals surface area contributed by atoms with Crippen molar-refractivity contribution < 1.29 is 13.5 Å². The van der Waals surface area contributed by atoms with Crippen LogP contribution in [0.4, 0.5) is 14.7 Å². The Morgan fingerprint density at radius 2 is 2.04 bits per heavy atom. The molecule has 0 saturated heterocycles. The zero-order chi connectivity index (χ0) is 17.8. The minimum absolute atomic E-state index is 0.130. The van der Waals surface area contributed by atoms with E-state index in [0.717, 1.165) is 23.4 Å². The van der Waals surface area contributed by atoms with Crippen LogP contribution in [0.2, 0.25) is 0 Å². The Kier molecular flexibility index (Phi) is 4.74. The summed E-state index contributed by atoms with van der Waals surface area (Å²) in [6, 6.07) is 10.9. The van der Waals surface area contributed by atoms with Gasteiger partial charge in [-0.2, -0.15) is 5.10 Å². The van der Waals surface area contributed by atoms with E-state index in [4.69, 9.17) is 10.5 Å². The van der Waals surface area contributed by atoms with Crippen molar-refractivity contribution in [1.82, 2.24) is 9.66 Å². The van der Waals surface area contributed by atoms with Gasteiger partial charge in [0.25, 0.3) is 0 Å². The van der Waals surface area contributed by atoms with E-state index in [1.807, 2.05) is 19.1 Å². The molecule has 2 N–H and O–H groups in total. The zero-order valence-electron chi connectivity index (χ0n) is 13.5. The average molecular weight is 342 g/mol. The molecule has 0 radical (unpaired) electrons. The van der Waals surface area contributed by atoms with E-state index in [1.54, 1.807) is 24.5 Å². The van der Waals surface area contributed by atoms with Crippen molar-refractivity contribution >= 4 is 12.2 Å². The summed E-state index contributed by atoms with van der Waals surface area (Å²) in [6.45, 7) is 1.96. The fraction of sp³-hybridized carbons (Fsp3) is 0.111. The van der Waals surface area contributed by atoms with Gasteiger partial charge in [0.2, 0.25) is 5.95 Å². The molecule has 2 aromatic carbocycles. The fourth-order valence-corrected chi connectivity index (χ4v) is 2.21. The third kappa shape index (κ3) is 4.20. The molecule has 0 aliphatic carbocycles. The van der Waals surface area contributed by atoms with Crippen LogP contribution in [0.25, 0.3) is 0 Å². The van der Waals surface area contributed by atoms with Crippen molar-refractivity contribution in [2.75, 3.05) is 5.73 Å². The molecule has 25 heavy (non-hydrogen) atoms. The molecule has 0 saturated carbocycles. The Hall–Kier alpha value is -3.22. The number of hydrogen-bond acceptors (Lipinski definition) is 4. The Morgan fingerprint density at radius 3 is 2.76 bits per heavy atom. The predicted molar refractivity (Wildman–Crippen MR) is 91.5 cm³/mol. The van der Waals surface area contributed by atoms with Gasteiger partial charge >= 0.3 is 0 Å². The molecule has 3 rings (SSSR count). The van der Waals surface area contributed by atoms with Gasteiger partial charge in [-0.05, 0) is 42.3 Å². The van der Waals surface area contributed by atoms with E-state index >= 15 is 0 Å². The summed E-state index contributed by atoms with van der Waals surface area (Å²) in [7, 11) is 0. The van der Waals surface area contributed by atoms with Crippen molar-refractivity contribution in [3.05, 3.63) is 77.1 Å². The van der Waals surface area contributed by atoms with Crippen molar-refractivity contribution in [3.8, 4) is 5.75 Å². The van der Waals surface area contributed by atoms with Crippen LogP contribution in [0.5, 0.6) is 5.75 Å². The number of nitrogens with two attached hydrogens (primary N) is 1. The molecule has 0 amide bonds. The van der Waals surface area contributed by atoms with Crippen LogP contribution in [0.1, 0.15) is 16.8 Å². The fourth-order valence-electron chi connectivity index (χ4n) is 2.21. The Balaban J connectivity index is 1.68. The van der Waals surface area contributed by atoms with Crippen LogP contribution in [0.15, 0.2) is 53.8 Å². The molecule has 1 heterocycles. The molecule has 0 fully saturated rings. The summed E-state index contributed by atoms with van der Waals surface area (Å²) in [5.41, 5.74) is 7.84. The Morgan fingerprint density at radius 1 is 1.20 bits per heavy atom. The van der Waals surface area contributed by atoms with E-state index in [-0.39, 0.29) is 6.61 Å². The highest BCUT2D eigenvalue weighted by atomic mass is 19.2. The number of aromatic nitrogens is 2. The monoisotopic (exact) mass is 342 g/mol. The van der Waals surface area contributed by atoms with Crippen LogP contribution in [-0.4, -0.2) is 15.9 Å². The van der Waals surface area contributed by atoms with E-state index in [1.165, 1.54) is 10.7 Å². The molecule has 0 unspecified atom stereocenters. The van der Waals surface area contributed by atoms with Crippen LogP contribution in [0, 0.1) is 18.6 Å². The van der Waals surface area contributed by atoms with Gasteiger partial charge in [0, 0.05) is 0 Å². The van der Waals surface area contributed by atoms with Gasteiger partial charge in [-0.15, -0.1) is 0 Å². The first-order chi connectivity index (χ1) is 12.0. The third-order valence-corrected chi connectivity index (χ3v) is 3.41. The highest BCUT2D eigenvalue weighted by Gasteiger charge is 2.04. The first-order valence-electron chi connectivity index (χ1n) is 7.54. The number of anilines is 1. The molecule has 1 aromatic heterocycles. The van der Waals surface area contributed by atoms with E-state index < -0.39 is 11.6 Å². The number of hydrogen-bond donors (Lipinski definition) is 1.